The normalized spacial score (nSPS) is 16.0. The molecule has 0 spiro atoms. The Hall–Kier alpha value is -2.10. The highest BCUT2D eigenvalue weighted by Gasteiger charge is 2.28. The van der Waals surface area contributed by atoms with Crippen LogP contribution in [0.4, 0.5) is 0 Å². The Morgan fingerprint density at radius 1 is 1.31 bits per heavy atom. The molecule has 0 aliphatic heterocycles. The van der Waals surface area contributed by atoms with Crippen molar-refractivity contribution in [2.45, 2.75) is 72.8 Å². The Balaban J connectivity index is 2.02. The Morgan fingerprint density at radius 3 is 2.77 bits per heavy atom. The van der Waals surface area contributed by atoms with Gasteiger partial charge in [0.25, 0.3) is 0 Å². The van der Waals surface area contributed by atoms with Gasteiger partial charge in [-0.05, 0) is 74.3 Å². The van der Waals surface area contributed by atoms with Crippen LogP contribution in [0.1, 0.15) is 84.1 Å². The molecule has 140 valence electrons. The molecule has 0 N–H and O–H groups in total. The molecule has 0 radical (unpaired) electrons. The summed E-state index contributed by atoms with van der Waals surface area (Å²) >= 11 is 0. The molecule has 0 fully saturated rings. The summed E-state index contributed by atoms with van der Waals surface area (Å²) in [6.07, 6.45) is 5.99. The van der Waals surface area contributed by atoms with Gasteiger partial charge in [-0.25, -0.2) is 4.68 Å². The number of nitrogens with zero attached hydrogens (tertiary/aromatic N) is 2. The minimum Gasteiger partial charge on any atom is -0.477 e. The number of carbonyl (C=O) groups excluding carboxylic acids is 1. The lowest BCUT2D eigenvalue weighted by Crippen LogP contribution is -2.11. The van der Waals surface area contributed by atoms with E-state index in [9.17, 15) is 4.79 Å². The zero-order chi connectivity index (χ0) is 18.8. The Kier molecular flexibility index (Phi) is 5.49. The van der Waals surface area contributed by atoms with Crippen molar-refractivity contribution in [1.29, 1.82) is 0 Å². The fraction of sp³-hybridized carbons (Fsp3) is 0.545. The third-order valence-corrected chi connectivity index (χ3v) is 5.61. The molecule has 1 aliphatic carbocycles. The number of hydrogen-bond acceptors (Lipinski definition) is 3. The van der Waals surface area contributed by atoms with Crippen LogP contribution < -0.4 is 4.74 Å². The number of unbranched alkanes of at least 4 members (excludes halogenated alkanes) is 1. The van der Waals surface area contributed by atoms with E-state index in [2.05, 4.69) is 38.9 Å². The molecule has 4 nitrogen and oxygen atoms in total. The smallest absolute Gasteiger partial charge is 0.223 e. The summed E-state index contributed by atoms with van der Waals surface area (Å²) in [6, 6.07) is 2.06. The highest BCUT2D eigenvalue weighted by atomic mass is 16.5. The summed E-state index contributed by atoms with van der Waals surface area (Å²) in [5.74, 6) is 1.16. The number of aromatic nitrogens is 2. The van der Waals surface area contributed by atoms with Gasteiger partial charge in [-0.2, -0.15) is 5.10 Å². The maximum absolute atomic E-state index is 13.4. The molecule has 1 unspecified atom stereocenters. The largest absolute Gasteiger partial charge is 0.477 e. The van der Waals surface area contributed by atoms with Gasteiger partial charge in [0.05, 0.1) is 12.8 Å². The van der Waals surface area contributed by atoms with Gasteiger partial charge >= 0.3 is 0 Å². The van der Waals surface area contributed by atoms with Crippen LogP contribution in [0.2, 0.25) is 0 Å². The number of aryl methyl sites for hydroxylation is 2. The van der Waals surface area contributed by atoms with E-state index in [1.165, 1.54) is 23.1 Å². The molecule has 1 atom stereocenters. The minimum atomic E-state index is 0.0266. The van der Waals surface area contributed by atoms with Crippen molar-refractivity contribution in [2.75, 3.05) is 6.61 Å². The van der Waals surface area contributed by atoms with Crippen molar-refractivity contribution in [3.8, 4) is 5.88 Å². The summed E-state index contributed by atoms with van der Waals surface area (Å²) in [6.45, 7) is 11.9. The molecule has 1 aromatic heterocycles. The summed E-state index contributed by atoms with van der Waals surface area (Å²) in [7, 11) is 0. The van der Waals surface area contributed by atoms with Gasteiger partial charge in [0.15, 0.2) is 5.78 Å². The number of ketones is 1. The highest BCUT2D eigenvalue weighted by molar-refractivity contribution is 6.11. The molecule has 1 aliphatic rings. The van der Waals surface area contributed by atoms with Crippen LogP contribution in [0.15, 0.2) is 12.3 Å². The minimum absolute atomic E-state index is 0.0266. The predicted octanol–water partition coefficient (Wildman–Crippen LogP) is 4.98. The monoisotopic (exact) mass is 354 g/mol. The topological polar surface area (TPSA) is 44.1 Å². The Labute approximate surface area is 156 Å². The lowest BCUT2D eigenvalue weighted by atomic mass is 9.88. The van der Waals surface area contributed by atoms with E-state index in [1.807, 2.05) is 6.92 Å². The fourth-order valence-corrected chi connectivity index (χ4v) is 4.10. The molecule has 1 heterocycles. The second-order valence-corrected chi connectivity index (χ2v) is 7.41. The molecule has 0 saturated carbocycles. The number of ether oxygens (including phenoxy) is 1. The predicted molar refractivity (Wildman–Crippen MR) is 104 cm³/mol. The van der Waals surface area contributed by atoms with Gasteiger partial charge < -0.3 is 4.74 Å². The first-order valence-electron chi connectivity index (χ1n) is 9.85. The van der Waals surface area contributed by atoms with Gasteiger partial charge in [-0.1, -0.05) is 20.3 Å². The Bertz CT molecular complexity index is 820. The van der Waals surface area contributed by atoms with Crippen molar-refractivity contribution < 1.29 is 9.53 Å². The molecule has 1 aromatic carbocycles. The van der Waals surface area contributed by atoms with Crippen molar-refractivity contribution in [3.05, 3.63) is 45.6 Å². The molecule has 3 rings (SSSR count). The zero-order valence-corrected chi connectivity index (χ0v) is 16.7. The van der Waals surface area contributed by atoms with Crippen LogP contribution in [-0.2, 0) is 13.0 Å². The van der Waals surface area contributed by atoms with E-state index in [1.54, 1.807) is 10.9 Å². The molecule has 0 bridgehead atoms. The van der Waals surface area contributed by atoms with Crippen LogP contribution in [0, 0.1) is 13.8 Å². The maximum atomic E-state index is 13.4. The SMILES string of the molecule is CCCCOc1c(C(=O)c2cc(C)c3c(c2C)C(C)CC3)cnn1CC. The number of carbonyl (C=O) groups is 1. The molecule has 2 aromatic rings. The first kappa shape index (κ1) is 18.7. The van der Waals surface area contributed by atoms with E-state index >= 15 is 0 Å². The average Bonchev–Trinajstić information content (AvgIpc) is 3.21. The van der Waals surface area contributed by atoms with Gasteiger partial charge in [-0.3, -0.25) is 4.79 Å². The first-order valence-corrected chi connectivity index (χ1v) is 9.85. The zero-order valence-electron chi connectivity index (χ0n) is 16.7. The van der Waals surface area contributed by atoms with E-state index in [0.717, 1.165) is 30.4 Å². The van der Waals surface area contributed by atoms with Gasteiger partial charge in [0.2, 0.25) is 5.88 Å². The Morgan fingerprint density at radius 2 is 2.08 bits per heavy atom. The average molecular weight is 354 g/mol. The molecular weight excluding hydrogens is 324 g/mol. The van der Waals surface area contributed by atoms with Gasteiger partial charge in [0, 0.05) is 12.1 Å². The van der Waals surface area contributed by atoms with Crippen LogP contribution in [0.25, 0.3) is 0 Å². The number of benzene rings is 1. The number of hydrogen-bond donors (Lipinski definition) is 0. The first-order chi connectivity index (χ1) is 12.5. The van der Waals surface area contributed by atoms with Crippen molar-refractivity contribution in [3.63, 3.8) is 0 Å². The van der Waals surface area contributed by atoms with E-state index in [-0.39, 0.29) is 5.78 Å². The lowest BCUT2D eigenvalue weighted by Gasteiger charge is -2.16. The van der Waals surface area contributed by atoms with E-state index in [0.29, 0.717) is 30.5 Å². The van der Waals surface area contributed by atoms with Crippen LogP contribution in [0.5, 0.6) is 5.88 Å². The van der Waals surface area contributed by atoms with Gasteiger partial charge in [-0.15, -0.1) is 0 Å². The third kappa shape index (κ3) is 3.17. The number of fused-ring (bicyclic) bond motifs is 1. The molecule has 0 saturated heterocycles. The summed E-state index contributed by atoms with van der Waals surface area (Å²) in [4.78, 5) is 13.4. The molecule has 4 heteroatoms. The van der Waals surface area contributed by atoms with Crippen molar-refractivity contribution in [1.82, 2.24) is 9.78 Å². The lowest BCUT2D eigenvalue weighted by molar-refractivity contribution is 0.103. The quantitative estimate of drug-likeness (QED) is 0.520. The van der Waals surface area contributed by atoms with E-state index in [4.69, 9.17) is 4.74 Å². The van der Waals surface area contributed by atoms with Crippen LogP contribution in [0.3, 0.4) is 0 Å². The molecule has 0 amide bonds. The van der Waals surface area contributed by atoms with Crippen LogP contribution in [-0.4, -0.2) is 22.2 Å². The van der Waals surface area contributed by atoms with Crippen LogP contribution >= 0.6 is 0 Å². The second kappa shape index (κ2) is 7.65. The van der Waals surface area contributed by atoms with Gasteiger partial charge in [0.1, 0.15) is 5.56 Å². The summed E-state index contributed by atoms with van der Waals surface area (Å²) in [5, 5.41) is 4.37. The standard InChI is InChI=1S/C22H30N2O2/c1-6-8-11-26-22-19(13-23-24(22)7-2)21(25)18-12-15(4)17-10-9-14(3)20(17)16(18)5/h12-14H,6-11H2,1-5H3. The number of rotatable bonds is 7. The summed E-state index contributed by atoms with van der Waals surface area (Å²) in [5.41, 5.74) is 6.56. The molecule has 26 heavy (non-hydrogen) atoms. The second-order valence-electron chi connectivity index (χ2n) is 7.41. The molecular formula is C22H30N2O2. The van der Waals surface area contributed by atoms with E-state index < -0.39 is 0 Å². The maximum Gasteiger partial charge on any atom is 0.223 e. The highest BCUT2D eigenvalue weighted by Crippen LogP contribution is 2.39. The third-order valence-electron chi connectivity index (χ3n) is 5.61. The van der Waals surface area contributed by atoms with Crippen molar-refractivity contribution in [2.24, 2.45) is 0 Å². The van der Waals surface area contributed by atoms with Crippen molar-refractivity contribution >= 4 is 5.78 Å². The fourth-order valence-electron chi connectivity index (χ4n) is 4.10. The summed E-state index contributed by atoms with van der Waals surface area (Å²) < 4.78 is 7.72.